The molecular weight excluding hydrogens is 281 g/mol. The van der Waals surface area contributed by atoms with Crippen molar-refractivity contribution in [1.29, 1.82) is 0 Å². The summed E-state index contributed by atoms with van der Waals surface area (Å²) in [6.07, 6.45) is -2.76. The lowest BCUT2D eigenvalue weighted by Crippen LogP contribution is -2.07. The lowest BCUT2D eigenvalue weighted by Gasteiger charge is -2.12. The van der Waals surface area contributed by atoms with E-state index in [0.717, 1.165) is 17.7 Å². The first-order valence-electron chi connectivity index (χ1n) is 6.42. The molecule has 0 saturated carbocycles. The van der Waals surface area contributed by atoms with E-state index in [-0.39, 0.29) is 0 Å². The molecule has 0 aliphatic rings. The Morgan fingerprint density at radius 2 is 2.00 bits per heavy atom. The van der Waals surface area contributed by atoms with Crippen LogP contribution in [0.5, 0.6) is 0 Å². The second-order valence-electron chi connectivity index (χ2n) is 4.46. The van der Waals surface area contributed by atoms with Gasteiger partial charge in [0.2, 0.25) is 5.95 Å². The highest BCUT2D eigenvalue weighted by molar-refractivity contribution is 5.60. The number of nitrogens with one attached hydrogen (secondary N) is 2. The van der Waals surface area contributed by atoms with Gasteiger partial charge >= 0.3 is 6.18 Å². The molecule has 1 heterocycles. The average molecular weight is 296 g/mol. The van der Waals surface area contributed by atoms with Gasteiger partial charge in [-0.3, -0.25) is 0 Å². The fourth-order valence-corrected chi connectivity index (χ4v) is 1.72. The molecule has 0 amide bonds. The summed E-state index contributed by atoms with van der Waals surface area (Å²) in [6, 6.07) is 4.99. The fraction of sp³-hybridized carbons (Fsp3) is 0.286. The van der Waals surface area contributed by atoms with E-state index in [9.17, 15) is 13.2 Å². The quantitative estimate of drug-likeness (QED) is 0.896. The molecule has 2 N–H and O–H groups in total. The SMILES string of the molecule is CCNc1ncc(C)c(Nc2cccc(C(F)(F)F)c2)n1. The number of alkyl halides is 3. The summed E-state index contributed by atoms with van der Waals surface area (Å²) in [7, 11) is 0. The van der Waals surface area contributed by atoms with E-state index in [4.69, 9.17) is 0 Å². The third-order valence-corrected chi connectivity index (χ3v) is 2.76. The van der Waals surface area contributed by atoms with Crippen LogP contribution in [0.3, 0.4) is 0 Å². The third-order valence-electron chi connectivity index (χ3n) is 2.76. The Bertz CT molecular complexity index is 626. The summed E-state index contributed by atoms with van der Waals surface area (Å²) < 4.78 is 38.1. The Morgan fingerprint density at radius 1 is 1.24 bits per heavy atom. The predicted molar refractivity (Wildman–Crippen MR) is 75.7 cm³/mol. The summed E-state index contributed by atoms with van der Waals surface area (Å²) in [5.41, 5.74) is 0.370. The molecule has 0 atom stereocenters. The largest absolute Gasteiger partial charge is 0.416 e. The van der Waals surface area contributed by atoms with Crippen molar-refractivity contribution < 1.29 is 13.2 Å². The number of aromatic nitrogens is 2. The summed E-state index contributed by atoms with van der Waals surface area (Å²) in [5, 5.41) is 5.85. The van der Waals surface area contributed by atoms with E-state index in [1.807, 2.05) is 6.92 Å². The number of halogens is 3. The topological polar surface area (TPSA) is 49.8 Å². The zero-order chi connectivity index (χ0) is 15.5. The van der Waals surface area contributed by atoms with Crippen molar-refractivity contribution in [2.45, 2.75) is 20.0 Å². The minimum absolute atomic E-state index is 0.328. The van der Waals surface area contributed by atoms with Crippen LogP contribution in [0, 0.1) is 6.92 Å². The van der Waals surface area contributed by atoms with E-state index in [0.29, 0.717) is 24.0 Å². The molecular formula is C14H15F3N4. The second-order valence-corrected chi connectivity index (χ2v) is 4.46. The Hall–Kier alpha value is -2.31. The third kappa shape index (κ3) is 3.84. The number of benzene rings is 1. The first kappa shape index (κ1) is 15.1. The summed E-state index contributed by atoms with van der Waals surface area (Å²) in [6.45, 7) is 4.35. The zero-order valence-corrected chi connectivity index (χ0v) is 11.6. The molecule has 0 radical (unpaired) electrons. The molecule has 1 aromatic heterocycles. The maximum absolute atomic E-state index is 12.7. The number of anilines is 3. The van der Waals surface area contributed by atoms with Crippen LogP contribution in [0.2, 0.25) is 0 Å². The second kappa shape index (κ2) is 5.99. The van der Waals surface area contributed by atoms with Gasteiger partial charge in [0.25, 0.3) is 0 Å². The van der Waals surface area contributed by atoms with Crippen LogP contribution in [0.4, 0.5) is 30.6 Å². The maximum atomic E-state index is 12.7. The van der Waals surface area contributed by atoms with Crippen molar-refractivity contribution in [2.24, 2.45) is 0 Å². The molecule has 0 aliphatic heterocycles. The van der Waals surface area contributed by atoms with Crippen LogP contribution in [-0.2, 0) is 6.18 Å². The number of hydrogen-bond acceptors (Lipinski definition) is 4. The Labute approximate surface area is 120 Å². The molecule has 7 heteroatoms. The molecule has 2 rings (SSSR count). The molecule has 1 aromatic carbocycles. The first-order chi connectivity index (χ1) is 9.90. The van der Waals surface area contributed by atoms with E-state index in [2.05, 4.69) is 20.6 Å². The molecule has 112 valence electrons. The minimum Gasteiger partial charge on any atom is -0.354 e. The number of aryl methyl sites for hydroxylation is 1. The maximum Gasteiger partial charge on any atom is 0.416 e. The van der Waals surface area contributed by atoms with E-state index in [1.165, 1.54) is 6.07 Å². The molecule has 0 aliphatic carbocycles. The average Bonchev–Trinajstić information content (AvgIpc) is 2.42. The molecule has 0 fully saturated rings. The highest BCUT2D eigenvalue weighted by atomic mass is 19.4. The molecule has 0 bridgehead atoms. The first-order valence-corrected chi connectivity index (χ1v) is 6.42. The number of nitrogens with zero attached hydrogens (tertiary/aromatic N) is 2. The van der Waals surface area contributed by atoms with Gasteiger partial charge in [-0.2, -0.15) is 18.2 Å². The normalized spacial score (nSPS) is 11.3. The van der Waals surface area contributed by atoms with Crippen LogP contribution in [0.1, 0.15) is 18.1 Å². The van der Waals surface area contributed by atoms with Crippen molar-refractivity contribution in [3.05, 3.63) is 41.6 Å². The van der Waals surface area contributed by atoms with Crippen LogP contribution in [-0.4, -0.2) is 16.5 Å². The molecule has 0 spiro atoms. The Kier molecular flexibility index (Phi) is 4.30. The number of rotatable bonds is 4. The van der Waals surface area contributed by atoms with Crippen molar-refractivity contribution in [3.63, 3.8) is 0 Å². The van der Waals surface area contributed by atoms with Gasteiger partial charge in [0.05, 0.1) is 5.56 Å². The monoisotopic (exact) mass is 296 g/mol. The lowest BCUT2D eigenvalue weighted by molar-refractivity contribution is -0.137. The van der Waals surface area contributed by atoms with Crippen LogP contribution < -0.4 is 10.6 Å². The molecule has 0 saturated heterocycles. The summed E-state index contributed by atoms with van der Waals surface area (Å²) in [5.74, 6) is 0.901. The molecule has 2 aromatic rings. The highest BCUT2D eigenvalue weighted by Crippen LogP contribution is 2.31. The van der Waals surface area contributed by atoms with Crippen LogP contribution in [0.15, 0.2) is 30.5 Å². The summed E-state index contributed by atoms with van der Waals surface area (Å²) in [4.78, 5) is 8.32. The highest BCUT2D eigenvalue weighted by Gasteiger charge is 2.30. The Morgan fingerprint density at radius 3 is 2.67 bits per heavy atom. The Balaban J connectivity index is 2.27. The standard InChI is InChI=1S/C14H15F3N4/c1-3-18-13-19-8-9(2)12(21-13)20-11-6-4-5-10(7-11)14(15,16)17/h4-8H,3H2,1-2H3,(H2,18,19,20,21). The van der Waals surface area contributed by atoms with E-state index in [1.54, 1.807) is 19.2 Å². The molecule has 0 unspecified atom stereocenters. The lowest BCUT2D eigenvalue weighted by atomic mass is 10.2. The van der Waals surface area contributed by atoms with Gasteiger partial charge in [0.1, 0.15) is 5.82 Å². The smallest absolute Gasteiger partial charge is 0.354 e. The summed E-state index contributed by atoms with van der Waals surface area (Å²) >= 11 is 0. The van der Waals surface area contributed by atoms with E-state index >= 15 is 0 Å². The van der Waals surface area contributed by atoms with Gasteiger partial charge < -0.3 is 10.6 Å². The van der Waals surface area contributed by atoms with E-state index < -0.39 is 11.7 Å². The van der Waals surface area contributed by atoms with Gasteiger partial charge in [-0.25, -0.2) is 4.98 Å². The van der Waals surface area contributed by atoms with Gasteiger partial charge in [-0.1, -0.05) is 6.07 Å². The van der Waals surface area contributed by atoms with Gasteiger partial charge in [-0.15, -0.1) is 0 Å². The number of hydrogen-bond donors (Lipinski definition) is 2. The molecule has 21 heavy (non-hydrogen) atoms. The van der Waals surface area contributed by atoms with Crippen molar-refractivity contribution >= 4 is 17.5 Å². The van der Waals surface area contributed by atoms with Gasteiger partial charge in [0.15, 0.2) is 0 Å². The predicted octanol–water partition coefficient (Wildman–Crippen LogP) is 3.98. The van der Waals surface area contributed by atoms with Crippen molar-refractivity contribution in [2.75, 3.05) is 17.2 Å². The van der Waals surface area contributed by atoms with Crippen molar-refractivity contribution in [1.82, 2.24) is 9.97 Å². The van der Waals surface area contributed by atoms with Crippen LogP contribution >= 0.6 is 0 Å². The zero-order valence-electron chi connectivity index (χ0n) is 11.6. The van der Waals surface area contributed by atoms with Crippen LogP contribution in [0.25, 0.3) is 0 Å². The van der Waals surface area contributed by atoms with Gasteiger partial charge in [-0.05, 0) is 32.0 Å². The van der Waals surface area contributed by atoms with Crippen molar-refractivity contribution in [3.8, 4) is 0 Å². The fourth-order valence-electron chi connectivity index (χ4n) is 1.72. The van der Waals surface area contributed by atoms with Gasteiger partial charge in [0, 0.05) is 24.0 Å². The minimum atomic E-state index is -4.37. The molecule has 4 nitrogen and oxygen atoms in total.